The van der Waals surface area contributed by atoms with E-state index in [0.29, 0.717) is 6.61 Å². The average Bonchev–Trinajstić information content (AvgIpc) is 2.73. The van der Waals surface area contributed by atoms with E-state index < -0.39 is 0 Å². The number of nitrogens with two attached hydrogens (primary N) is 1. The highest BCUT2D eigenvalue weighted by Crippen LogP contribution is 2.31. The van der Waals surface area contributed by atoms with Crippen LogP contribution in [0.2, 0.25) is 0 Å². The van der Waals surface area contributed by atoms with Crippen LogP contribution >= 0.6 is 0 Å². The summed E-state index contributed by atoms with van der Waals surface area (Å²) in [5.74, 6) is 0.945. The third kappa shape index (κ3) is 4.11. The number of benzene rings is 2. The van der Waals surface area contributed by atoms with Gasteiger partial charge in [0.1, 0.15) is 12.3 Å². The molecule has 0 spiro atoms. The third-order valence-corrected chi connectivity index (χ3v) is 5.35. The Morgan fingerprint density at radius 1 is 1.14 bits per heavy atom. The molecule has 28 heavy (non-hydrogen) atoms. The predicted octanol–water partition coefficient (Wildman–Crippen LogP) is 2.93. The number of carbonyl (C=O) groups is 1. The molecule has 2 aromatic carbocycles. The van der Waals surface area contributed by atoms with Gasteiger partial charge < -0.3 is 21.1 Å². The lowest BCUT2D eigenvalue weighted by molar-refractivity contribution is -0.120. The monoisotopic (exact) mass is 378 g/mol. The van der Waals surface area contributed by atoms with Gasteiger partial charge in [0.25, 0.3) is 0 Å². The Balaban J connectivity index is 1.36. The molecule has 0 bridgehead atoms. The lowest BCUT2D eigenvalue weighted by atomic mass is 9.90. The molecule has 1 amide bonds. The largest absolute Gasteiger partial charge is 0.493 e. The zero-order chi connectivity index (χ0) is 19.3. The van der Waals surface area contributed by atoms with Crippen LogP contribution < -0.4 is 21.1 Å². The fraction of sp³-hybridized carbons (Fsp3) is 0.364. The van der Waals surface area contributed by atoms with Gasteiger partial charge in [-0.2, -0.15) is 0 Å². The molecule has 4 rings (SSSR count). The zero-order valence-corrected chi connectivity index (χ0v) is 15.9. The van der Waals surface area contributed by atoms with Crippen molar-refractivity contribution in [3.8, 4) is 5.75 Å². The van der Waals surface area contributed by atoms with E-state index in [-0.39, 0.29) is 24.5 Å². The minimum absolute atomic E-state index is 0.00657. The van der Waals surface area contributed by atoms with Gasteiger partial charge >= 0.3 is 0 Å². The fourth-order valence-electron chi connectivity index (χ4n) is 3.96. The van der Waals surface area contributed by atoms with E-state index >= 15 is 0 Å². The zero-order valence-electron chi connectivity index (χ0n) is 15.9. The Morgan fingerprint density at radius 3 is 2.93 bits per heavy atom. The maximum atomic E-state index is 12.4. The summed E-state index contributed by atoms with van der Waals surface area (Å²) in [6.45, 7) is 0.585. The molecule has 1 atom stereocenters. The molecule has 1 heterocycles. The lowest BCUT2D eigenvalue weighted by Crippen LogP contribution is -2.34. The summed E-state index contributed by atoms with van der Waals surface area (Å²) in [6.07, 6.45) is 5.33. The Bertz CT molecular complexity index is 894. The second-order valence-electron chi connectivity index (χ2n) is 7.27. The number of amides is 1. The van der Waals surface area contributed by atoms with Crippen molar-refractivity contribution in [2.45, 2.75) is 38.1 Å². The minimum atomic E-state index is -0.151. The van der Waals surface area contributed by atoms with Crippen LogP contribution in [-0.2, 0) is 17.6 Å². The number of fused-ring (bicyclic) bond motifs is 2. The summed E-state index contributed by atoms with van der Waals surface area (Å²) in [4.78, 5) is 16.6. The van der Waals surface area contributed by atoms with Gasteiger partial charge in [0.15, 0.2) is 5.96 Å². The normalized spacial score (nSPS) is 18.4. The van der Waals surface area contributed by atoms with Crippen molar-refractivity contribution in [2.24, 2.45) is 10.7 Å². The predicted molar refractivity (Wildman–Crippen MR) is 111 cm³/mol. The molecular formula is C22H26N4O2. The van der Waals surface area contributed by atoms with Gasteiger partial charge in [-0.05, 0) is 48.9 Å². The summed E-state index contributed by atoms with van der Waals surface area (Å²) in [5.41, 5.74) is 10.7. The molecule has 0 saturated carbocycles. The summed E-state index contributed by atoms with van der Waals surface area (Å²) in [5, 5.41) is 6.21. The maximum Gasteiger partial charge on any atom is 0.242 e. The summed E-state index contributed by atoms with van der Waals surface area (Å²) in [6, 6.07) is 14.0. The Hall–Kier alpha value is -3.02. The number of aliphatic imine (C=N–C) groups is 1. The number of nitrogens with one attached hydrogen (secondary N) is 2. The third-order valence-electron chi connectivity index (χ3n) is 5.35. The van der Waals surface area contributed by atoms with E-state index in [1.807, 2.05) is 36.4 Å². The van der Waals surface area contributed by atoms with Gasteiger partial charge in [0.2, 0.25) is 5.91 Å². The van der Waals surface area contributed by atoms with Gasteiger partial charge in [-0.3, -0.25) is 4.79 Å². The molecule has 2 aromatic rings. The number of ether oxygens (including phenoxy) is 1. The van der Waals surface area contributed by atoms with E-state index in [2.05, 4.69) is 21.7 Å². The Labute approximate surface area is 165 Å². The minimum Gasteiger partial charge on any atom is -0.493 e. The van der Waals surface area contributed by atoms with E-state index in [1.165, 1.54) is 24.0 Å². The van der Waals surface area contributed by atoms with Crippen LogP contribution in [0, 0.1) is 0 Å². The van der Waals surface area contributed by atoms with Crippen molar-refractivity contribution in [3.63, 3.8) is 0 Å². The van der Waals surface area contributed by atoms with E-state index in [4.69, 9.17) is 10.5 Å². The smallest absolute Gasteiger partial charge is 0.242 e. The van der Waals surface area contributed by atoms with E-state index in [9.17, 15) is 4.79 Å². The van der Waals surface area contributed by atoms with Crippen LogP contribution in [-0.4, -0.2) is 25.0 Å². The van der Waals surface area contributed by atoms with Crippen molar-refractivity contribution in [1.82, 2.24) is 5.32 Å². The highest BCUT2D eigenvalue weighted by atomic mass is 16.5. The average molecular weight is 378 g/mol. The van der Waals surface area contributed by atoms with Crippen LogP contribution in [0.25, 0.3) is 0 Å². The van der Waals surface area contributed by atoms with Gasteiger partial charge in [-0.15, -0.1) is 0 Å². The molecular weight excluding hydrogens is 352 g/mol. The van der Waals surface area contributed by atoms with Gasteiger partial charge in [0.05, 0.1) is 12.6 Å². The number of carbonyl (C=O) groups excluding carboxylic acids is 1. The molecule has 0 fully saturated rings. The number of guanidine groups is 1. The number of rotatable bonds is 4. The molecule has 1 unspecified atom stereocenters. The van der Waals surface area contributed by atoms with Crippen molar-refractivity contribution in [3.05, 3.63) is 59.2 Å². The summed E-state index contributed by atoms with van der Waals surface area (Å²) >= 11 is 0. The van der Waals surface area contributed by atoms with Crippen LogP contribution in [0.3, 0.4) is 0 Å². The molecule has 6 heteroatoms. The standard InChI is InChI=1S/C22H26N4O2/c23-22(26-18-10-5-7-15-6-1-2-8-16(15)18)24-14-21(27)25-19-12-13-28-20-11-4-3-9-17(19)20/h3-5,7,9-11,19H,1-2,6,8,12-14H2,(H,25,27)(H3,23,24,26). The van der Waals surface area contributed by atoms with Crippen LogP contribution in [0.4, 0.5) is 5.69 Å². The molecule has 4 N–H and O–H groups in total. The molecule has 2 aliphatic rings. The molecule has 6 nitrogen and oxygen atoms in total. The Morgan fingerprint density at radius 2 is 2.00 bits per heavy atom. The molecule has 0 aromatic heterocycles. The first-order chi connectivity index (χ1) is 13.7. The van der Waals surface area contributed by atoms with E-state index in [1.54, 1.807) is 0 Å². The number of anilines is 1. The van der Waals surface area contributed by atoms with Crippen LogP contribution in [0.1, 0.15) is 42.0 Å². The van der Waals surface area contributed by atoms with Crippen LogP contribution in [0.15, 0.2) is 47.5 Å². The SMILES string of the molecule is NC(=NCC(=O)NC1CCOc2ccccc21)Nc1cccc2c1CCCC2. The van der Waals surface area contributed by atoms with E-state index in [0.717, 1.165) is 36.3 Å². The van der Waals surface area contributed by atoms with Crippen molar-refractivity contribution in [1.29, 1.82) is 0 Å². The first kappa shape index (κ1) is 18.3. The Kier molecular flexibility index (Phi) is 5.46. The van der Waals surface area contributed by atoms with Crippen molar-refractivity contribution < 1.29 is 9.53 Å². The molecule has 146 valence electrons. The molecule has 0 saturated heterocycles. The number of para-hydroxylation sites is 1. The number of aryl methyl sites for hydroxylation is 1. The first-order valence-corrected chi connectivity index (χ1v) is 9.89. The maximum absolute atomic E-state index is 12.4. The number of hydrogen-bond acceptors (Lipinski definition) is 3. The summed E-state index contributed by atoms with van der Waals surface area (Å²) in [7, 11) is 0. The number of nitrogens with zero attached hydrogens (tertiary/aromatic N) is 1. The van der Waals surface area contributed by atoms with Crippen molar-refractivity contribution in [2.75, 3.05) is 18.5 Å². The van der Waals surface area contributed by atoms with Gasteiger partial charge in [-0.1, -0.05) is 30.3 Å². The summed E-state index contributed by atoms with van der Waals surface area (Å²) < 4.78 is 5.64. The first-order valence-electron chi connectivity index (χ1n) is 9.89. The lowest BCUT2D eigenvalue weighted by Gasteiger charge is -2.26. The second-order valence-corrected chi connectivity index (χ2v) is 7.27. The topological polar surface area (TPSA) is 88.7 Å². The molecule has 1 aliphatic carbocycles. The van der Waals surface area contributed by atoms with Gasteiger partial charge in [-0.25, -0.2) is 4.99 Å². The second kappa shape index (κ2) is 8.33. The number of hydrogen-bond donors (Lipinski definition) is 3. The highest BCUT2D eigenvalue weighted by Gasteiger charge is 2.22. The van der Waals surface area contributed by atoms with Crippen LogP contribution in [0.5, 0.6) is 5.75 Å². The molecule has 0 radical (unpaired) electrons. The molecule has 1 aliphatic heterocycles. The fourth-order valence-corrected chi connectivity index (χ4v) is 3.96. The highest BCUT2D eigenvalue weighted by molar-refractivity contribution is 5.94. The van der Waals surface area contributed by atoms with Gasteiger partial charge in [0, 0.05) is 17.7 Å². The van der Waals surface area contributed by atoms with Crippen molar-refractivity contribution >= 4 is 17.6 Å². The quantitative estimate of drug-likeness (QED) is 0.564.